The highest BCUT2D eigenvalue weighted by Crippen LogP contribution is 2.24. The molecule has 2 aromatic rings. The Kier molecular flexibility index (Phi) is 3.32. The van der Waals surface area contributed by atoms with Crippen molar-refractivity contribution in [2.24, 2.45) is 0 Å². The maximum Gasteiger partial charge on any atom is 0.373 e. The van der Waals surface area contributed by atoms with Gasteiger partial charge in [-0.15, -0.1) is 0 Å². The third-order valence-corrected chi connectivity index (χ3v) is 2.35. The minimum absolute atomic E-state index is 0.204. The SMILES string of the molecule is CCCOc1ccc2cc(C(=O)OC)oc2c1. The van der Waals surface area contributed by atoms with E-state index in [0.717, 1.165) is 17.6 Å². The van der Waals surface area contributed by atoms with E-state index in [1.54, 1.807) is 12.1 Å². The van der Waals surface area contributed by atoms with Gasteiger partial charge in [0.1, 0.15) is 11.3 Å². The van der Waals surface area contributed by atoms with Gasteiger partial charge in [-0.2, -0.15) is 0 Å². The minimum atomic E-state index is -0.475. The molecule has 0 aliphatic rings. The average Bonchev–Trinajstić information content (AvgIpc) is 2.78. The van der Waals surface area contributed by atoms with Gasteiger partial charge in [0.25, 0.3) is 0 Å². The quantitative estimate of drug-likeness (QED) is 0.763. The summed E-state index contributed by atoms with van der Waals surface area (Å²) < 4.78 is 15.5. The van der Waals surface area contributed by atoms with Crippen molar-refractivity contribution in [2.75, 3.05) is 13.7 Å². The van der Waals surface area contributed by atoms with Crippen molar-refractivity contribution in [3.63, 3.8) is 0 Å². The van der Waals surface area contributed by atoms with Crippen molar-refractivity contribution >= 4 is 16.9 Å². The molecule has 0 bridgehead atoms. The van der Waals surface area contributed by atoms with Crippen LogP contribution in [0.15, 0.2) is 28.7 Å². The van der Waals surface area contributed by atoms with E-state index < -0.39 is 5.97 Å². The summed E-state index contributed by atoms with van der Waals surface area (Å²) in [6.45, 7) is 2.71. The molecule has 0 radical (unpaired) electrons. The van der Waals surface area contributed by atoms with E-state index >= 15 is 0 Å². The van der Waals surface area contributed by atoms with E-state index in [9.17, 15) is 4.79 Å². The summed E-state index contributed by atoms with van der Waals surface area (Å²) in [6.07, 6.45) is 0.948. The average molecular weight is 234 g/mol. The Morgan fingerprint density at radius 2 is 2.18 bits per heavy atom. The molecular formula is C13H14O4. The molecule has 4 nitrogen and oxygen atoms in total. The summed E-state index contributed by atoms with van der Waals surface area (Å²) in [5.74, 6) is 0.470. The van der Waals surface area contributed by atoms with Crippen LogP contribution in [0.5, 0.6) is 5.75 Å². The van der Waals surface area contributed by atoms with Gasteiger partial charge in [0.15, 0.2) is 0 Å². The molecule has 0 aliphatic heterocycles. The van der Waals surface area contributed by atoms with Crippen LogP contribution in [0, 0.1) is 0 Å². The number of methoxy groups -OCH3 is 1. The van der Waals surface area contributed by atoms with E-state index in [0.29, 0.717) is 12.2 Å². The van der Waals surface area contributed by atoms with Crippen LogP contribution >= 0.6 is 0 Å². The molecule has 0 aliphatic carbocycles. The fourth-order valence-electron chi connectivity index (χ4n) is 1.52. The Bertz CT molecular complexity index is 527. The summed E-state index contributed by atoms with van der Waals surface area (Å²) >= 11 is 0. The number of furan rings is 1. The number of benzene rings is 1. The van der Waals surface area contributed by atoms with Crippen LogP contribution in [0.25, 0.3) is 11.0 Å². The predicted molar refractivity (Wildman–Crippen MR) is 63.3 cm³/mol. The molecule has 1 heterocycles. The summed E-state index contributed by atoms with van der Waals surface area (Å²) in [6, 6.07) is 7.15. The van der Waals surface area contributed by atoms with E-state index in [-0.39, 0.29) is 5.76 Å². The van der Waals surface area contributed by atoms with Crippen molar-refractivity contribution in [3.05, 3.63) is 30.0 Å². The van der Waals surface area contributed by atoms with E-state index in [4.69, 9.17) is 9.15 Å². The van der Waals surface area contributed by atoms with E-state index in [2.05, 4.69) is 4.74 Å². The van der Waals surface area contributed by atoms with Gasteiger partial charge in [-0.3, -0.25) is 0 Å². The second-order valence-corrected chi connectivity index (χ2v) is 3.65. The molecule has 0 saturated heterocycles. The zero-order valence-electron chi connectivity index (χ0n) is 9.86. The van der Waals surface area contributed by atoms with Crippen LogP contribution in [0.2, 0.25) is 0 Å². The molecule has 0 spiro atoms. The number of fused-ring (bicyclic) bond motifs is 1. The molecular weight excluding hydrogens is 220 g/mol. The first kappa shape index (κ1) is 11.5. The van der Waals surface area contributed by atoms with Gasteiger partial charge in [-0.1, -0.05) is 6.92 Å². The Morgan fingerprint density at radius 1 is 1.35 bits per heavy atom. The second-order valence-electron chi connectivity index (χ2n) is 3.65. The predicted octanol–water partition coefficient (Wildman–Crippen LogP) is 3.01. The van der Waals surface area contributed by atoms with Crippen molar-refractivity contribution in [1.29, 1.82) is 0 Å². The third-order valence-electron chi connectivity index (χ3n) is 2.35. The largest absolute Gasteiger partial charge is 0.493 e. The lowest BCUT2D eigenvalue weighted by molar-refractivity contribution is 0.0567. The molecule has 1 aromatic carbocycles. The Morgan fingerprint density at radius 3 is 2.88 bits per heavy atom. The first-order chi connectivity index (χ1) is 8.24. The monoisotopic (exact) mass is 234 g/mol. The minimum Gasteiger partial charge on any atom is -0.493 e. The lowest BCUT2D eigenvalue weighted by atomic mass is 10.2. The van der Waals surface area contributed by atoms with Crippen LogP contribution in [0.1, 0.15) is 23.9 Å². The molecule has 90 valence electrons. The zero-order valence-corrected chi connectivity index (χ0v) is 9.86. The topological polar surface area (TPSA) is 48.7 Å². The highest BCUT2D eigenvalue weighted by Gasteiger charge is 2.12. The Hall–Kier alpha value is -1.97. The molecule has 2 rings (SSSR count). The maximum atomic E-state index is 11.3. The van der Waals surface area contributed by atoms with E-state index in [1.807, 2.05) is 19.1 Å². The molecule has 0 fully saturated rings. The number of esters is 1. The normalized spacial score (nSPS) is 10.5. The van der Waals surface area contributed by atoms with Gasteiger partial charge in [0, 0.05) is 11.5 Å². The summed E-state index contributed by atoms with van der Waals surface area (Å²) in [4.78, 5) is 11.3. The highest BCUT2D eigenvalue weighted by molar-refractivity contribution is 5.92. The number of hydrogen-bond acceptors (Lipinski definition) is 4. The molecule has 4 heteroatoms. The smallest absolute Gasteiger partial charge is 0.373 e. The van der Waals surface area contributed by atoms with Gasteiger partial charge < -0.3 is 13.9 Å². The van der Waals surface area contributed by atoms with Crippen molar-refractivity contribution < 1.29 is 18.7 Å². The number of carbonyl (C=O) groups is 1. The molecule has 0 saturated carbocycles. The number of carbonyl (C=O) groups excluding carboxylic acids is 1. The van der Waals surface area contributed by atoms with Crippen LogP contribution in [-0.4, -0.2) is 19.7 Å². The number of hydrogen-bond donors (Lipinski definition) is 0. The summed E-state index contributed by atoms with van der Waals surface area (Å²) in [5, 5.41) is 0.856. The molecule has 0 atom stereocenters. The van der Waals surface area contributed by atoms with Crippen LogP contribution < -0.4 is 4.74 Å². The first-order valence-corrected chi connectivity index (χ1v) is 5.49. The summed E-state index contributed by atoms with van der Waals surface area (Å²) in [5.41, 5.74) is 0.624. The third kappa shape index (κ3) is 2.41. The summed E-state index contributed by atoms with van der Waals surface area (Å²) in [7, 11) is 1.32. The highest BCUT2D eigenvalue weighted by atomic mass is 16.5. The van der Waals surface area contributed by atoms with Crippen molar-refractivity contribution in [1.82, 2.24) is 0 Å². The maximum absolute atomic E-state index is 11.3. The second kappa shape index (κ2) is 4.91. The van der Waals surface area contributed by atoms with Crippen molar-refractivity contribution in [3.8, 4) is 5.75 Å². The Balaban J connectivity index is 2.31. The van der Waals surface area contributed by atoms with Crippen molar-refractivity contribution in [2.45, 2.75) is 13.3 Å². The lowest BCUT2D eigenvalue weighted by Gasteiger charge is -2.02. The zero-order chi connectivity index (χ0) is 12.3. The first-order valence-electron chi connectivity index (χ1n) is 5.49. The lowest BCUT2D eigenvalue weighted by Crippen LogP contribution is -1.97. The van der Waals surface area contributed by atoms with Crippen LogP contribution in [0.3, 0.4) is 0 Å². The number of rotatable bonds is 4. The van der Waals surface area contributed by atoms with Gasteiger partial charge in [0.2, 0.25) is 5.76 Å². The van der Waals surface area contributed by atoms with Gasteiger partial charge in [-0.05, 0) is 24.6 Å². The van der Waals surface area contributed by atoms with Gasteiger partial charge in [0.05, 0.1) is 13.7 Å². The molecule has 0 N–H and O–H groups in total. The molecule has 1 aromatic heterocycles. The molecule has 0 amide bonds. The Labute approximate surface area is 99.1 Å². The fourth-order valence-corrected chi connectivity index (χ4v) is 1.52. The van der Waals surface area contributed by atoms with E-state index in [1.165, 1.54) is 7.11 Å². The van der Waals surface area contributed by atoms with Gasteiger partial charge in [-0.25, -0.2) is 4.79 Å². The molecule has 0 unspecified atom stereocenters. The van der Waals surface area contributed by atoms with Crippen LogP contribution in [0.4, 0.5) is 0 Å². The fraction of sp³-hybridized carbons (Fsp3) is 0.308. The van der Waals surface area contributed by atoms with Gasteiger partial charge >= 0.3 is 5.97 Å². The van der Waals surface area contributed by atoms with Crippen LogP contribution in [-0.2, 0) is 4.74 Å². The molecule has 17 heavy (non-hydrogen) atoms. The standard InChI is InChI=1S/C13H14O4/c1-3-6-16-10-5-4-9-7-12(13(14)15-2)17-11(9)8-10/h4-5,7-8H,3,6H2,1-2H3. The number of ether oxygens (including phenoxy) is 2.